The molecule has 2 amide bonds. The molecular weight excluding hydrogens is 406 g/mol. The summed E-state index contributed by atoms with van der Waals surface area (Å²) in [4.78, 5) is 14.3. The highest BCUT2D eigenvalue weighted by Gasteiger charge is 2.65. The number of amides is 2. The lowest BCUT2D eigenvalue weighted by atomic mass is 9.99. The fourth-order valence-corrected chi connectivity index (χ4v) is 7.10. The van der Waals surface area contributed by atoms with Crippen molar-refractivity contribution >= 4 is 16.1 Å². The maximum absolute atomic E-state index is 13.2. The van der Waals surface area contributed by atoms with E-state index in [1.165, 1.54) is 0 Å². The Morgan fingerprint density at radius 2 is 2.17 bits per heavy atom. The van der Waals surface area contributed by atoms with Gasteiger partial charge in [-0.2, -0.15) is 4.31 Å². The molecule has 0 saturated carbocycles. The molecule has 3 aliphatic rings. The molecule has 3 saturated heterocycles. The van der Waals surface area contributed by atoms with E-state index in [0.717, 1.165) is 11.3 Å². The van der Waals surface area contributed by atoms with Gasteiger partial charge in [0.1, 0.15) is 16.6 Å². The van der Waals surface area contributed by atoms with E-state index < -0.39 is 20.9 Å². The third kappa shape index (κ3) is 3.90. The molecule has 30 heavy (non-hydrogen) atoms. The van der Waals surface area contributed by atoms with Crippen LogP contribution < -0.4 is 10.1 Å². The highest BCUT2D eigenvalue weighted by molar-refractivity contribution is 7.90. The number of ether oxygens (including phenoxy) is 2. The number of carbonyl (C=O) groups excluding carboxylic acids is 1. The number of hydrogen-bond donors (Lipinski definition) is 1. The van der Waals surface area contributed by atoms with Crippen LogP contribution in [0.15, 0.2) is 24.3 Å². The van der Waals surface area contributed by atoms with Crippen LogP contribution in [-0.4, -0.2) is 80.4 Å². The van der Waals surface area contributed by atoms with E-state index in [-0.39, 0.29) is 12.1 Å². The Kier molecular flexibility index (Phi) is 5.71. The number of morpholine rings is 1. The molecule has 1 aromatic carbocycles. The molecule has 4 rings (SSSR count). The molecular formula is C21H31N3O5S. The van der Waals surface area contributed by atoms with Gasteiger partial charge in [0, 0.05) is 26.2 Å². The first-order valence-electron chi connectivity index (χ1n) is 10.6. The third-order valence-electron chi connectivity index (χ3n) is 6.24. The van der Waals surface area contributed by atoms with Crippen LogP contribution in [-0.2, 0) is 21.2 Å². The lowest BCUT2D eigenvalue weighted by Crippen LogP contribution is -2.58. The average molecular weight is 438 g/mol. The summed E-state index contributed by atoms with van der Waals surface area (Å²) >= 11 is 0. The van der Waals surface area contributed by atoms with Gasteiger partial charge in [0.2, 0.25) is 10.0 Å². The molecule has 9 heteroatoms. The molecule has 166 valence electrons. The van der Waals surface area contributed by atoms with E-state index in [1.807, 2.05) is 38.1 Å². The monoisotopic (exact) mass is 437 g/mol. The van der Waals surface area contributed by atoms with Crippen molar-refractivity contribution in [2.24, 2.45) is 5.92 Å². The highest BCUT2D eigenvalue weighted by Crippen LogP contribution is 2.46. The Bertz CT molecular complexity index is 906. The summed E-state index contributed by atoms with van der Waals surface area (Å²) in [5, 5.41) is 2.36. The van der Waals surface area contributed by atoms with Crippen LogP contribution in [0.4, 0.5) is 4.79 Å². The first kappa shape index (κ1) is 21.4. The van der Waals surface area contributed by atoms with Crippen molar-refractivity contribution in [1.82, 2.24) is 14.5 Å². The van der Waals surface area contributed by atoms with E-state index in [9.17, 15) is 13.2 Å². The Hall–Kier alpha value is -1.84. The maximum Gasteiger partial charge on any atom is 0.317 e. The lowest BCUT2D eigenvalue weighted by Gasteiger charge is -2.39. The van der Waals surface area contributed by atoms with E-state index in [1.54, 1.807) is 16.3 Å². The number of carbonyl (C=O) groups is 1. The van der Waals surface area contributed by atoms with E-state index in [0.29, 0.717) is 51.5 Å². The number of urea groups is 1. The van der Waals surface area contributed by atoms with Crippen molar-refractivity contribution in [3.63, 3.8) is 0 Å². The number of nitrogens with zero attached hydrogens (tertiary/aromatic N) is 2. The first-order valence-corrected chi connectivity index (χ1v) is 12.1. The van der Waals surface area contributed by atoms with Gasteiger partial charge in [-0.1, -0.05) is 26.0 Å². The zero-order valence-corrected chi connectivity index (χ0v) is 18.7. The summed E-state index contributed by atoms with van der Waals surface area (Å²) in [6, 6.07) is 7.54. The van der Waals surface area contributed by atoms with Crippen LogP contribution in [0.2, 0.25) is 0 Å². The van der Waals surface area contributed by atoms with Crippen molar-refractivity contribution in [3.05, 3.63) is 29.8 Å². The molecule has 1 N–H and O–H groups in total. The van der Waals surface area contributed by atoms with Crippen molar-refractivity contribution in [2.75, 3.05) is 39.8 Å². The predicted molar refractivity (Wildman–Crippen MR) is 113 cm³/mol. The fourth-order valence-electron chi connectivity index (χ4n) is 4.79. The molecule has 2 bridgehead atoms. The average Bonchev–Trinajstić information content (AvgIpc) is 3.09. The summed E-state index contributed by atoms with van der Waals surface area (Å²) < 4.78 is 39.5. The third-order valence-corrected chi connectivity index (χ3v) is 8.62. The molecule has 0 aliphatic carbocycles. The smallest absolute Gasteiger partial charge is 0.317 e. The quantitative estimate of drug-likeness (QED) is 0.728. The van der Waals surface area contributed by atoms with Gasteiger partial charge in [-0.3, -0.25) is 0 Å². The second kappa shape index (κ2) is 8.01. The Morgan fingerprint density at radius 1 is 1.37 bits per heavy atom. The van der Waals surface area contributed by atoms with Gasteiger partial charge < -0.3 is 19.7 Å². The van der Waals surface area contributed by atoms with Gasteiger partial charge >= 0.3 is 6.03 Å². The molecule has 3 aliphatic heterocycles. The molecule has 0 radical (unpaired) electrons. The topological polar surface area (TPSA) is 88.2 Å². The second-order valence-corrected chi connectivity index (χ2v) is 11.1. The van der Waals surface area contributed by atoms with Gasteiger partial charge in [-0.05, 0) is 36.5 Å². The first-order chi connectivity index (χ1) is 14.2. The number of methoxy groups -OCH3 is 1. The second-order valence-electron chi connectivity index (χ2n) is 8.97. The zero-order chi connectivity index (χ0) is 21.5. The summed E-state index contributed by atoms with van der Waals surface area (Å²) in [5.41, 5.74) is 0.196. The van der Waals surface area contributed by atoms with Crippen molar-refractivity contribution in [3.8, 4) is 5.75 Å². The van der Waals surface area contributed by atoms with Crippen LogP contribution >= 0.6 is 0 Å². The largest absolute Gasteiger partial charge is 0.497 e. The minimum Gasteiger partial charge on any atom is -0.497 e. The van der Waals surface area contributed by atoms with Crippen molar-refractivity contribution < 1.29 is 22.7 Å². The number of fused-ring (bicyclic) bond motifs is 1. The predicted octanol–water partition coefficient (Wildman–Crippen LogP) is 1.46. The van der Waals surface area contributed by atoms with Gasteiger partial charge in [-0.15, -0.1) is 0 Å². The van der Waals surface area contributed by atoms with Crippen molar-refractivity contribution in [2.45, 2.75) is 43.6 Å². The summed E-state index contributed by atoms with van der Waals surface area (Å²) in [7, 11) is -1.85. The molecule has 8 nitrogen and oxygen atoms in total. The Labute approximate surface area is 178 Å². The summed E-state index contributed by atoms with van der Waals surface area (Å²) in [6.07, 6.45) is 0.830. The normalized spacial score (nSPS) is 29.8. The number of benzene rings is 1. The molecule has 3 heterocycles. The van der Waals surface area contributed by atoms with E-state index in [4.69, 9.17) is 9.47 Å². The van der Waals surface area contributed by atoms with Crippen LogP contribution in [0.1, 0.15) is 25.8 Å². The van der Waals surface area contributed by atoms with Gasteiger partial charge in [0.05, 0.1) is 19.8 Å². The summed E-state index contributed by atoms with van der Waals surface area (Å²) in [6.45, 7) is 6.13. The van der Waals surface area contributed by atoms with Gasteiger partial charge in [0.15, 0.2) is 0 Å². The van der Waals surface area contributed by atoms with Crippen LogP contribution in [0.3, 0.4) is 0 Å². The molecule has 0 unspecified atom stereocenters. The molecule has 0 aromatic heterocycles. The Morgan fingerprint density at radius 3 is 2.90 bits per heavy atom. The van der Waals surface area contributed by atoms with E-state index >= 15 is 0 Å². The van der Waals surface area contributed by atoms with Crippen LogP contribution in [0.25, 0.3) is 0 Å². The molecule has 3 fully saturated rings. The number of likely N-dealkylation sites (tertiary alicyclic amines) is 1. The standard InChI is InChI=1S/C21H31N3O5S/c1-15(2)11-22-20(25)23-12-18-10-19-21(13-23,29-18)14-24(30(19,26)27)8-7-16-5-4-6-17(9-16)28-3/h4-6,9,15,18-19H,7-8,10-14H2,1-3H3,(H,22,25)/t18-,19+,21+/m0/s1. The number of sulfonamides is 1. The van der Waals surface area contributed by atoms with Gasteiger partial charge in [0.25, 0.3) is 0 Å². The SMILES string of the molecule is COc1cccc(CCN2C[C@]34CN(C(=O)NCC(C)C)C[C@H](C[C@H]3S2(=O)=O)O4)c1. The molecule has 3 atom stereocenters. The van der Waals surface area contributed by atoms with Crippen LogP contribution in [0.5, 0.6) is 5.75 Å². The van der Waals surface area contributed by atoms with Gasteiger partial charge in [-0.25, -0.2) is 13.2 Å². The highest BCUT2D eigenvalue weighted by atomic mass is 32.2. The minimum absolute atomic E-state index is 0.135. The number of rotatable bonds is 6. The number of hydrogen-bond acceptors (Lipinski definition) is 5. The van der Waals surface area contributed by atoms with E-state index in [2.05, 4.69) is 5.32 Å². The summed E-state index contributed by atoms with van der Waals surface area (Å²) in [5.74, 6) is 1.12. The van der Waals surface area contributed by atoms with Crippen molar-refractivity contribution in [1.29, 1.82) is 0 Å². The number of nitrogens with one attached hydrogen (secondary N) is 1. The maximum atomic E-state index is 13.2. The Balaban J connectivity index is 1.46. The molecule has 1 spiro atoms. The molecule has 1 aromatic rings. The fraction of sp³-hybridized carbons (Fsp3) is 0.667. The lowest BCUT2D eigenvalue weighted by molar-refractivity contribution is -0.0954. The van der Waals surface area contributed by atoms with Crippen LogP contribution in [0, 0.1) is 5.92 Å². The minimum atomic E-state index is -3.47. The zero-order valence-electron chi connectivity index (χ0n) is 17.8.